The molecule has 0 atom stereocenters. The van der Waals surface area contributed by atoms with E-state index in [2.05, 4.69) is 252 Å². The second-order valence-electron chi connectivity index (χ2n) is 17.5. The van der Waals surface area contributed by atoms with Gasteiger partial charge in [-0.1, -0.05) is 170 Å². The van der Waals surface area contributed by atoms with Crippen molar-refractivity contribution in [2.45, 2.75) is 5.41 Å². The molecule has 0 fully saturated rings. The molecule has 0 saturated carbocycles. The van der Waals surface area contributed by atoms with Gasteiger partial charge in [-0.2, -0.15) is 0 Å². The van der Waals surface area contributed by atoms with E-state index in [9.17, 15) is 0 Å². The molecule has 1 aromatic heterocycles. The van der Waals surface area contributed by atoms with E-state index >= 15 is 0 Å². The predicted molar refractivity (Wildman–Crippen MR) is 281 cm³/mol. The van der Waals surface area contributed by atoms with Crippen molar-refractivity contribution in [3.63, 3.8) is 0 Å². The molecule has 2 heterocycles. The van der Waals surface area contributed by atoms with Crippen molar-refractivity contribution in [1.82, 2.24) is 0 Å². The minimum absolute atomic E-state index is 0.544. The zero-order valence-electron chi connectivity index (χ0n) is 36.3. The van der Waals surface area contributed by atoms with E-state index in [1.807, 2.05) is 11.3 Å². The Balaban J connectivity index is 1.07. The number of hydrogen-bond donors (Lipinski definition) is 0. The first-order valence-corrected chi connectivity index (χ1v) is 23.7. The Kier molecular flexibility index (Phi) is 8.37. The largest absolute Gasteiger partial charge is 0.457 e. The molecule has 1 spiro atoms. The standard InChI is InChI=1S/C63H40N2OS/c1-4-21-42(22-5-1)64(45-36-37-53-50(39-45)47-28-14-15-31-52(47)63(53)54-32-16-18-34-57(54)66-58-35-19-17-33-55(58)63)56-40-51-60-59(67-62(51)49-30-13-12-29-48(49)56)38-41-20-10-11-27-46(41)61(60)65(43-23-6-2-7-24-43)44-25-8-3-9-26-44/h1-40H. The van der Waals surface area contributed by atoms with Crippen LogP contribution in [-0.4, -0.2) is 0 Å². The van der Waals surface area contributed by atoms with Crippen molar-refractivity contribution in [3.05, 3.63) is 265 Å². The quantitative estimate of drug-likeness (QED) is 0.166. The van der Waals surface area contributed by atoms with Crippen molar-refractivity contribution in [3.8, 4) is 22.6 Å². The van der Waals surface area contributed by atoms with E-state index in [0.717, 1.165) is 51.1 Å². The van der Waals surface area contributed by atoms with Crippen molar-refractivity contribution in [1.29, 1.82) is 0 Å². The molecule has 12 aromatic rings. The van der Waals surface area contributed by atoms with Gasteiger partial charge in [0.25, 0.3) is 0 Å². The number of para-hydroxylation sites is 5. The van der Waals surface area contributed by atoms with Gasteiger partial charge in [0.2, 0.25) is 0 Å². The molecule has 1 aliphatic carbocycles. The monoisotopic (exact) mass is 872 g/mol. The highest BCUT2D eigenvalue weighted by molar-refractivity contribution is 7.27. The number of ether oxygens (including phenoxy) is 1. The third-order valence-corrected chi connectivity index (χ3v) is 15.2. The van der Waals surface area contributed by atoms with Gasteiger partial charge in [0, 0.05) is 70.2 Å². The maximum absolute atomic E-state index is 6.66. The summed E-state index contributed by atoms with van der Waals surface area (Å²) in [6.45, 7) is 0. The molecule has 4 heteroatoms. The number of anilines is 6. The fourth-order valence-corrected chi connectivity index (χ4v) is 12.6. The Hall–Kier alpha value is -8.44. The number of nitrogens with zero attached hydrogens (tertiary/aromatic N) is 2. The van der Waals surface area contributed by atoms with Crippen LogP contribution in [0.25, 0.3) is 52.8 Å². The van der Waals surface area contributed by atoms with Crippen LogP contribution >= 0.6 is 11.3 Å². The normalized spacial score (nSPS) is 13.0. The van der Waals surface area contributed by atoms with Crippen LogP contribution in [0.5, 0.6) is 11.5 Å². The highest BCUT2D eigenvalue weighted by atomic mass is 32.1. The van der Waals surface area contributed by atoms with E-state index in [-0.39, 0.29) is 0 Å². The number of thiophene rings is 1. The van der Waals surface area contributed by atoms with Crippen LogP contribution in [0.4, 0.5) is 34.1 Å². The minimum atomic E-state index is -0.544. The van der Waals surface area contributed by atoms with Crippen LogP contribution in [-0.2, 0) is 5.41 Å². The van der Waals surface area contributed by atoms with E-state index in [4.69, 9.17) is 4.74 Å². The molecule has 0 unspecified atom stereocenters. The Labute approximate surface area is 392 Å². The Morgan fingerprint density at radius 2 is 0.881 bits per heavy atom. The average Bonchev–Trinajstić information content (AvgIpc) is 3.91. The van der Waals surface area contributed by atoms with Crippen molar-refractivity contribution in [2.24, 2.45) is 0 Å². The lowest BCUT2D eigenvalue weighted by atomic mass is 9.66. The summed E-state index contributed by atoms with van der Waals surface area (Å²) in [5.74, 6) is 1.79. The summed E-state index contributed by atoms with van der Waals surface area (Å²) < 4.78 is 9.19. The summed E-state index contributed by atoms with van der Waals surface area (Å²) in [6.07, 6.45) is 0. The first-order chi connectivity index (χ1) is 33.3. The van der Waals surface area contributed by atoms with Crippen LogP contribution in [0.15, 0.2) is 243 Å². The van der Waals surface area contributed by atoms with Crippen LogP contribution in [0.2, 0.25) is 0 Å². The molecule has 0 saturated heterocycles. The molecule has 1 aliphatic heterocycles. The lowest BCUT2D eigenvalue weighted by molar-refractivity contribution is 0.436. The van der Waals surface area contributed by atoms with E-state index in [1.54, 1.807) is 0 Å². The van der Waals surface area contributed by atoms with Gasteiger partial charge in [0.1, 0.15) is 11.5 Å². The Morgan fingerprint density at radius 1 is 0.358 bits per heavy atom. The van der Waals surface area contributed by atoms with Gasteiger partial charge in [-0.3, -0.25) is 0 Å². The molecular formula is C63H40N2OS. The number of rotatable bonds is 6. The molecule has 0 amide bonds. The topological polar surface area (TPSA) is 15.7 Å². The summed E-state index contributed by atoms with van der Waals surface area (Å²) in [6, 6.07) is 88.6. The third-order valence-electron chi connectivity index (χ3n) is 14.0. The number of hydrogen-bond acceptors (Lipinski definition) is 4. The second kappa shape index (κ2) is 14.8. The summed E-state index contributed by atoms with van der Waals surface area (Å²) >= 11 is 1.89. The molecule has 0 radical (unpaired) electrons. The summed E-state index contributed by atoms with van der Waals surface area (Å²) in [7, 11) is 0. The lowest BCUT2D eigenvalue weighted by Crippen LogP contribution is -2.32. The fourth-order valence-electron chi connectivity index (χ4n) is 11.3. The minimum Gasteiger partial charge on any atom is -0.457 e. The summed E-state index contributed by atoms with van der Waals surface area (Å²) in [5, 5.41) is 7.33. The molecule has 3 nitrogen and oxygen atoms in total. The van der Waals surface area contributed by atoms with Crippen molar-refractivity contribution in [2.75, 3.05) is 9.80 Å². The SMILES string of the molecule is c1ccc(N(c2ccc3c(c2)-c2ccccc2C32c3ccccc3Oc3ccccc32)c2cc3c(sc4cc5ccccc5c(N(c5ccccc5)c5ccccc5)c43)c3ccccc23)cc1. The first-order valence-electron chi connectivity index (χ1n) is 22.9. The smallest absolute Gasteiger partial charge is 0.132 e. The Bertz CT molecular complexity index is 3830. The molecule has 11 aromatic carbocycles. The van der Waals surface area contributed by atoms with Gasteiger partial charge in [-0.25, -0.2) is 0 Å². The van der Waals surface area contributed by atoms with Gasteiger partial charge >= 0.3 is 0 Å². The maximum atomic E-state index is 6.66. The molecule has 67 heavy (non-hydrogen) atoms. The summed E-state index contributed by atoms with van der Waals surface area (Å²) in [4.78, 5) is 4.94. The lowest BCUT2D eigenvalue weighted by Gasteiger charge is -2.39. The van der Waals surface area contributed by atoms with Crippen molar-refractivity contribution >= 4 is 87.2 Å². The van der Waals surface area contributed by atoms with E-state index in [0.29, 0.717) is 0 Å². The predicted octanol–water partition coefficient (Wildman–Crippen LogP) is 17.8. The van der Waals surface area contributed by atoms with Gasteiger partial charge in [0.15, 0.2) is 0 Å². The molecule has 0 bridgehead atoms. The zero-order valence-corrected chi connectivity index (χ0v) is 37.1. The van der Waals surface area contributed by atoms with Gasteiger partial charge < -0.3 is 14.5 Å². The van der Waals surface area contributed by atoms with Crippen molar-refractivity contribution < 1.29 is 4.74 Å². The summed E-state index contributed by atoms with van der Waals surface area (Å²) in [5.41, 5.74) is 13.5. The molecule has 14 rings (SSSR count). The van der Waals surface area contributed by atoms with Crippen LogP contribution in [0.1, 0.15) is 22.3 Å². The highest BCUT2D eigenvalue weighted by Crippen LogP contribution is 2.63. The maximum Gasteiger partial charge on any atom is 0.132 e. The third kappa shape index (κ3) is 5.51. The fraction of sp³-hybridized carbons (Fsp3) is 0.0159. The first kappa shape index (κ1) is 37.9. The second-order valence-corrected chi connectivity index (χ2v) is 18.6. The molecule has 314 valence electrons. The average molecular weight is 873 g/mol. The number of fused-ring (bicyclic) bond motifs is 15. The molecule has 0 N–H and O–H groups in total. The number of benzene rings is 11. The van der Waals surface area contributed by atoms with Crippen LogP contribution < -0.4 is 14.5 Å². The van der Waals surface area contributed by atoms with Gasteiger partial charge in [0.05, 0.1) is 16.8 Å². The van der Waals surface area contributed by atoms with Gasteiger partial charge in [-0.15, -0.1) is 11.3 Å². The van der Waals surface area contributed by atoms with E-state index in [1.165, 1.54) is 69.7 Å². The van der Waals surface area contributed by atoms with Crippen LogP contribution in [0, 0.1) is 0 Å². The van der Waals surface area contributed by atoms with Gasteiger partial charge in [-0.05, 0) is 100 Å². The molecule has 2 aliphatic rings. The molecular weight excluding hydrogens is 833 g/mol. The van der Waals surface area contributed by atoms with Crippen LogP contribution in [0.3, 0.4) is 0 Å². The zero-order chi connectivity index (χ0) is 44.1. The Morgan fingerprint density at radius 3 is 1.55 bits per heavy atom. The van der Waals surface area contributed by atoms with E-state index < -0.39 is 5.41 Å². The highest BCUT2D eigenvalue weighted by Gasteiger charge is 2.51.